The molecule has 2 nitrogen and oxygen atoms in total. The summed E-state index contributed by atoms with van der Waals surface area (Å²) >= 11 is 33.1. The molecule has 2 rings (SSSR count). The van der Waals surface area contributed by atoms with Crippen LogP contribution >= 0.6 is 73.9 Å². The van der Waals surface area contributed by atoms with Crippen LogP contribution in [0.4, 0.5) is 5.69 Å². The Balaban J connectivity index is 2.39. The van der Waals surface area contributed by atoms with E-state index in [4.69, 9.17) is 58.0 Å². The highest BCUT2D eigenvalue weighted by Gasteiger charge is 2.62. The second-order valence-corrected chi connectivity index (χ2v) is 7.75. The number of rotatable bonds is 2. The zero-order chi connectivity index (χ0) is 14.4. The lowest BCUT2D eigenvalue weighted by atomic mass is 10.2. The topological polar surface area (TPSA) is 29.1 Å². The Kier molecular flexibility index (Phi) is 4.38. The molecular formula is C11H5BrCl5NO. The van der Waals surface area contributed by atoms with Crippen LogP contribution in [-0.2, 0) is 4.79 Å². The number of carbonyl (C=O) groups is 1. The number of carbonyl (C=O) groups excluding carboxylic acids is 1. The molecule has 102 valence electrons. The van der Waals surface area contributed by atoms with Gasteiger partial charge in [-0.1, -0.05) is 73.9 Å². The molecule has 8 heteroatoms. The summed E-state index contributed by atoms with van der Waals surface area (Å²) in [5.74, 6) is -0.734. The van der Waals surface area contributed by atoms with Gasteiger partial charge in [0.1, 0.15) is 5.03 Å². The van der Waals surface area contributed by atoms with Crippen molar-refractivity contribution in [2.45, 2.75) is 8.67 Å². The van der Waals surface area contributed by atoms with Crippen molar-refractivity contribution >= 4 is 85.4 Å². The number of Topliss-reactive ketones (excluding diaryl/α,β-unsaturated/α-hetero) is 1. The maximum atomic E-state index is 11.8. The highest BCUT2D eigenvalue weighted by molar-refractivity contribution is 9.10. The lowest BCUT2D eigenvalue weighted by Crippen LogP contribution is -2.39. The molecule has 0 fully saturated rings. The van der Waals surface area contributed by atoms with Crippen LogP contribution in [0.1, 0.15) is 0 Å². The van der Waals surface area contributed by atoms with E-state index in [1.165, 1.54) is 0 Å². The summed E-state index contributed by atoms with van der Waals surface area (Å²) < 4.78 is -2.98. The van der Waals surface area contributed by atoms with E-state index in [-0.39, 0.29) is 10.7 Å². The van der Waals surface area contributed by atoms with Crippen LogP contribution < -0.4 is 5.32 Å². The highest BCUT2D eigenvalue weighted by atomic mass is 79.9. The third-order valence-electron chi connectivity index (χ3n) is 2.53. The molecule has 0 bridgehead atoms. The third kappa shape index (κ3) is 2.61. The zero-order valence-corrected chi connectivity index (χ0v) is 14.4. The third-order valence-corrected chi connectivity index (χ3v) is 5.66. The summed E-state index contributed by atoms with van der Waals surface area (Å²) in [4.78, 5) is 11.8. The van der Waals surface area contributed by atoms with Crippen molar-refractivity contribution < 1.29 is 4.79 Å². The van der Waals surface area contributed by atoms with E-state index in [0.717, 1.165) is 4.47 Å². The molecular weight excluding hydrogens is 419 g/mol. The number of allylic oxidation sites excluding steroid dienone is 2. The van der Waals surface area contributed by atoms with E-state index < -0.39 is 14.4 Å². The van der Waals surface area contributed by atoms with Gasteiger partial charge >= 0.3 is 0 Å². The van der Waals surface area contributed by atoms with E-state index in [0.29, 0.717) is 5.69 Å². The van der Waals surface area contributed by atoms with Crippen molar-refractivity contribution in [3.8, 4) is 0 Å². The lowest BCUT2D eigenvalue weighted by molar-refractivity contribution is -0.115. The van der Waals surface area contributed by atoms with E-state index in [2.05, 4.69) is 21.2 Å². The van der Waals surface area contributed by atoms with Gasteiger partial charge in [-0.2, -0.15) is 0 Å². The molecule has 0 spiro atoms. The van der Waals surface area contributed by atoms with Gasteiger partial charge in [0.25, 0.3) is 0 Å². The molecule has 0 aromatic heterocycles. The molecule has 1 aliphatic carbocycles. The van der Waals surface area contributed by atoms with Crippen molar-refractivity contribution in [2.75, 3.05) is 5.32 Å². The molecule has 1 aliphatic rings. The normalized spacial score (nSPS) is 20.8. The van der Waals surface area contributed by atoms with Gasteiger partial charge in [-0.3, -0.25) is 4.79 Å². The lowest BCUT2D eigenvalue weighted by Gasteiger charge is -2.26. The average Bonchev–Trinajstić information content (AvgIpc) is 2.45. The first-order valence-corrected chi connectivity index (χ1v) is 7.59. The second-order valence-electron chi connectivity index (χ2n) is 3.80. The van der Waals surface area contributed by atoms with E-state index in [1.54, 1.807) is 24.3 Å². The minimum absolute atomic E-state index is 0.0647. The van der Waals surface area contributed by atoms with Crippen LogP contribution in [0, 0.1) is 0 Å². The standard InChI is InChI=1S/C11H5BrCl5NO/c12-5-1-3-6(4-2-5)18-8-7(13)9(19)11(16,17)10(8,14)15/h1-4,18H. The maximum Gasteiger partial charge on any atom is 0.219 e. The Hall–Kier alpha value is 0.360. The van der Waals surface area contributed by atoms with Crippen LogP contribution in [0.5, 0.6) is 0 Å². The fourth-order valence-electron chi connectivity index (χ4n) is 1.50. The summed E-state index contributed by atoms with van der Waals surface area (Å²) in [6.45, 7) is 0. The predicted molar refractivity (Wildman–Crippen MR) is 84.5 cm³/mol. The molecule has 0 saturated carbocycles. The number of hydrogen-bond acceptors (Lipinski definition) is 2. The molecule has 1 N–H and O–H groups in total. The molecule has 0 atom stereocenters. The van der Waals surface area contributed by atoms with E-state index in [9.17, 15) is 4.79 Å². The smallest absolute Gasteiger partial charge is 0.219 e. The van der Waals surface area contributed by atoms with Gasteiger partial charge in [0.2, 0.25) is 10.1 Å². The Morgan fingerprint density at radius 2 is 1.53 bits per heavy atom. The quantitative estimate of drug-likeness (QED) is 0.658. The Morgan fingerprint density at radius 1 is 1.00 bits per heavy atom. The molecule has 19 heavy (non-hydrogen) atoms. The maximum absolute atomic E-state index is 11.8. The second kappa shape index (κ2) is 5.28. The summed E-state index contributed by atoms with van der Waals surface area (Å²) in [6.07, 6.45) is 0. The van der Waals surface area contributed by atoms with Gasteiger partial charge in [0.15, 0.2) is 4.33 Å². The molecule has 0 amide bonds. The van der Waals surface area contributed by atoms with Gasteiger partial charge in [-0.25, -0.2) is 0 Å². The number of halogens is 6. The highest BCUT2D eigenvalue weighted by Crippen LogP contribution is 2.55. The van der Waals surface area contributed by atoms with Gasteiger partial charge in [-0.15, -0.1) is 0 Å². The molecule has 0 aliphatic heterocycles. The first-order valence-electron chi connectivity index (χ1n) is 4.91. The fraction of sp³-hybridized carbons (Fsp3) is 0.182. The van der Waals surface area contributed by atoms with E-state index in [1.807, 2.05) is 0 Å². The summed E-state index contributed by atoms with van der Waals surface area (Å²) in [6, 6.07) is 7.09. The first-order chi connectivity index (χ1) is 8.68. The summed E-state index contributed by atoms with van der Waals surface area (Å²) in [7, 11) is 0. The van der Waals surface area contributed by atoms with Crippen LogP contribution in [0.15, 0.2) is 39.5 Å². The van der Waals surface area contributed by atoms with Crippen molar-refractivity contribution in [1.29, 1.82) is 0 Å². The van der Waals surface area contributed by atoms with Crippen molar-refractivity contribution in [1.82, 2.24) is 0 Å². The number of benzene rings is 1. The minimum Gasteiger partial charge on any atom is -0.355 e. The SMILES string of the molecule is O=C1C(Cl)=C(Nc2ccc(Br)cc2)C(Cl)(Cl)C1(Cl)Cl. The number of alkyl halides is 4. The van der Waals surface area contributed by atoms with Crippen LogP contribution in [0.25, 0.3) is 0 Å². The molecule has 1 aromatic carbocycles. The monoisotopic (exact) mass is 421 g/mol. The molecule has 0 unspecified atom stereocenters. The fourth-order valence-corrected chi connectivity index (χ4v) is 3.12. The first kappa shape index (κ1) is 15.7. The Bertz CT molecular complexity index is 567. The van der Waals surface area contributed by atoms with Crippen molar-refractivity contribution in [2.24, 2.45) is 0 Å². The predicted octanol–water partition coefficient (Wildman–Crippen LogP) is 5.24. The molecule has 1 aromatic rings. The van der Waals surface area contributed by atoms with Crippen LogP contribution in [-0.4, -0.2) is 14.4 Å². The Morgan fingerprint density at radius 3 is 1.95 bits per heavy atom. The Labute approximate surface area is 143 Å². The van der Waals surface area contributed by atoms with Gasteiger partial charge < -0.3 is 5.32 Å². The van der Waals surface area contributed by atoms with Gasteiger partial charge in [0.05, 0.1) is 5.70 Å². The van der Waals surface area contributed by atoms with E-state index >= 15 is 0 Å². The van der Waals surface area contributed by atoms with Crippen LogP contribution in [0.3, 0.4) is 0 Å². The zero-order valence-electron chi connectivity index (χ0n) is 8.99. The van der Waals surface area contributed by atoms with Gasteiger partial charge in [-0.05, 0) is 24.3 Å². The number of ketones is 1. The molecule has 0 heterocycles. The summed E-state index contributed by atoms with van der Waals surface area (Å²) in [5.41, 5.74) is 0.704. The number of hydrogen-bond donors (Lipinski definition) is 1. The van der Waals surface area contributed by atoms with Crippen molar-refractivity contribution in [3.63, 3.8) is 0 Å². The molecule has 0 saturated heterocycles. The molecule has 0 radical (unpaired) electrons. The summed E-state index contributed by atoms with van der Waals surface area (Å²) in [5, 5.41) is 2.66. The average molecular weight is 424 g/mol. The largest absolute Gasteiger partial charge is 0.355 e. The number of nitrogens with one attached hydrogen (secondary N) is 1. The van der Waals surface area contributed by atoms with Crippen molar-refractivity contribution in [3.05, 3.63) is 39.5 Å². The number of anilines is 1. The van der Waals surface area contributed by atoms with Gasteiger partial charge in [0, 0.05) is 10.2 Å². The minimum atomic E-state index is -2.02. The van der Waals surface area contributed by atoms with Crippen LogP contribution in [0.2, 0.25) is 0 Å².